The van der Waals surface area contributed by atoms with E-state index in [0.717, 1.165) is 18.5 Å². The van der Waals surface area contributed by atoms with Crippen LogP contribution < -0.4 is 10.2 Å². The topological polar surface area (TPSA) is 69.6 Å². The van der Waals surface area contributed by atoms with Crippen LogP contribution in [0.1, 0.15) is 38.7 Å². The summed E-state index contributed by atoms with van der Waals surface area (Å²) < 4.78 is 0. The van der Waals surface area contributed by atoms with Gasteiger partial charge in [-0.3, -0.25) is 9.69 Å². The Bertz CT molecular complexity index is 471. The number of aliphatic carboxylic acids is 1. The summed E-state index contributed by atoms with van der Waals surface area (Å²) in [5, 5.41) is 11.7. The molecule has 0 aliphatic heterocycles. The van der Waals surface area contributed by atoms with Crippen LogP contribution in [0.5, 0.6) is 0 Å². The molecule has 0 bridgehead atoms. The minimum absolute atomic E-state index is 0.0534. The molecule has 0 aromatic heterocycles. The Kier molecular flexibility index (Phi) is 6.72. The van der Waals surface area contributed by atoms with Crippen LogP contribution in [0.25, 0.3) is 0 Å². The van der Waals surface area contributed by atoms with E-state index >= 15 is 0 Å². The van der Waals surface area contributed by atoms with Gasteiger partial charge in [-0.05, 0) is 30.5 Å². The van der Waals surface area contributed by atoms with Crippen molar-refractivity contribution in [2.24, 2.45) is 0 Å². The summed E-state index contributed by atoms with van der Waals surface area (Å²) in [7, 11) is 1.68. The lowest BCUT2D eigenvalue weighted by Gasteiger charge is -2.22. The summed E-state index contributed by atoms with van der Waals surface area (Å²) >= 11 is 0. The molecule has 21 heavy (non-hydrogen) atoms. The Morgan fingerprint density at radius 2 is 1.86 bits per heavy atom. The number of urea groups is 1. The SMILES string of the molecule is CCCC(CC(=O)O)NC(=O)N(C)c1ccc(CC)cc1. The zero-order valence-electron chi connectivity index (χ0n) is 12.9. The van der Waals surface area contributed by atoms with E-state index in [4.69, 9.17) is 5.11 Å². The highest BCUT2D eigenvalue weighted by Gasteiger charge is 2.18. The third-order valence-electron chi connectivity index (χ3n) is 3.42. The van der Waals surface area contributed by atoms with Crippen molar-refractivity contribution in [1.29, 1.82) is 0 Å². The molecule has 0 aliphatic rings. The van der Waals surface area contributed by atoms with Gasteiger partial charge in [-0.15, -0.1) is 0 Å². The Morgan fingerprint density at radius 3 is 2.33 bits per heavy atom. The number of benzene rings is 1. The predicted octanol–water partition coefficient (Wildman–Crippen LogP) is 3.04. The lowest BCUT2D eigenvalue weighted by Crippen LogP contribution is -2.44. The van der Waals surface area contributed by atoms with Crippen molar-refractivity contribution in [3.05, 3.63) is 29.8 Å². The fourth-order valence-electron chi connectivity index (χ4n) is 2.13. The van der Waals surface area contributed by atoms with Crippen molar-refractivity contribution in [3.8, 4) is 0 Å². The molecular weight excluding hydrogens is 268 g/mol. The maximum atomic E-state index is 12.2. The van der Waals surface area contributed by atoms with Gasteiger partial charge in [0.1, 0.15) is 0 Å². The third kappa shape index (κ3) is 5.45. The van der Waals surface area contributed by atoms with E-state index < -0.39 is 5.97 Å². The predicted molar refractivity (Wildman–Crippen MR) is 83.7 cm³/mol. The number of hydrogen-bond acceptors (Lipinski definition) is 2. The van der Waals surface area contributed by atoms with Crippen LogP contribution in [0.15, 0.2) is 24.3 Å². The fourth-order valence-corrected chi connectivity index (χ4v) is 2.13. The number of carbonyl (C=O) groups is 2. The summed E-state index contributed by atoms with van der Waals surface area (Å²) in [5.74, 6) is -0.899. The van der Waals surface area contributed by atoms with E-state index in [-0.39, 0.29) is 18.5 Å². The first-order valence-electron chi connectivity index (χ1n) is 7.32. The van der Waals surface area contributed by atoms with Gasteiger partial charge in [0.05, 0.1) is 6.42 Å². The quantitative estimate of drug-likeness (QED) is 0.811. The number of nitrogens with zero attached hydrogens (tertiary/aromatic N) is 1. The van der Waals surface area contributed by atoms with E-state index in [0.29, 0.717) is 6.42 Å². The van der Waals surface area contributed by atoms with Crippen LogP contribution in [-0.4, -0.2) is 30.2 Å². The molecular formula is C16H24N2O3. The summed E-state index contributed by atoms with van der Waals surface area (Å²) in [4.78, 5) is 24.5. The van der Waals surface area contributed by atoms with E-state index in [2.05, 4.69) is 12.2 Å². The molecule has 1 rings (SSSR count). The van der Waals surface area contributed by atoms with Crippen molar-refractivity contribution in [2.75, 3.05) is 11.9 Å². The fraction of sp³-hybridized carbons (Fsp3) is 0.500. The van der Waals surface area contributed by atoms with Gasteiger partial charge in [-0.1, -0.05) is 32.4 Å². The normalized spacial score (nSPS) is 11.8. The number of carboxylic acid groups (broad SMARTS) is 1. The van der Waals surface area contributed by atoms with Gasteiger partial charge in [0.25, 0.3) is 0 Å². The molecule has 0 radical (unpaired) electrons. The van der Waals surface area contributed by atoms with E-state index in [9.17, 15) is 9.59 Å². The van der Waals surface area contributed by atoms with Crippen LogP contribution >= 0.6 is 0 Å². The van der Waals surface area contributed by atoms with Crippen LogP contribution in [0.2, 0.25) is 0 Å². The van der Waals surface area contributed by atoms with Crippen LogP contribution in [0, 0.1) is 0 Å². The number of rotatable bonds is 7. The van der Waals surface area contributed by atoms with Gasteiger partial charge in [-0.2, -0.15) is 0 Å². The summed E-state index contributed by atoms with van der Waals surface area (Å²) in [5.41, 5.74) is 2.00. The standard InChI is InChI=1S/C16H24N2O3/c1-4-6-13(11-15(19)20)17-16(21)18(3)14-9-7-12(5-2)8-10-14/h7-10,13H,4-6,11H2,1-3H3,(H,17,21)(H,19,20). The molecule has 0 spiro atoms. The Hall–Kier alpha value is -2.04. The van der Waals surface area contributed by atoms with Gasteiger partial charge < -0.3 is 10.4 Å². The second kappa shape index (κ2) is 8.29. The highest BCUT2D eigenvalue weighted by Crippen LogP contribution is 2.15. The number of nitrogens with one attached hydrogen (secondary N) is 1. The lowest BCUT2D eigenvalue weighted by atomic mass is 10.1. The lowest BCUT2D eigenvalue weighted by molar-refractivity contribution is -0.137. The molecule has 1 aromatic carbocycles. The Morgan fingerprint density at radius 1 is 1.24 bits per heavy atom. The highest BCUT2D eigenvalue weighted by molar-refractivity contribution is 5.91. The van der Waals surface area contributed by atoms with E-state index in [1.807, 2.05) is 31.2 Å². The molecule has 5 nitrogen and oxygen atoms in total. The molecule has 1 aromatic rings. The molecule has 5 heteroatoms. The molecule has 1 atom stereocenters. The Labute approximate surface area is 126 Å². The average Bonchev–Trinajstić information content (AvgIpc) is 2.46. The number of hydrogen-bond donors (Lipinski definition) is 2. The van der Waals surface area contributed by atoms with Gasteiger partial charge in [0.2, 0.25) is 0 Å². The number of carboxylic acids is 1. The number of carbonyl (C=O) groups excluding carboxylic acids is 1. The van der Waals surface area contributed by atoms with Gasteiger partial charge in [0, 0.05) is 18.8 Å². The largest absolute Gasteiger partial charge is 0.481 e. The van der Waals surface area contributed by atoms with Crippen molar-refractivity contribution in [1.82, 2.24) is 5.32 Å². The minimum Gasteiger partial charge on any atom is -0.481 e. The first-order valence-corrected chi connectivity index (χ1v) is 7.32. The monoisotopic (exact) mass is 292 g/mol. The second-order valence-electron chi connectivity index (χ2n) is 5.11. The Balaban J connectivity index is 2.68. The first-order chi connectivity index (χ1) is 9.97. The van der Waals surface area contributed by atoms with Crippen molar-refractivity contribution >= 4 is 17.7 Å². The van der Waals surface area contributed by atoms with Crippen LogP contribution in [-0.2, 0) is 11.2 Å². The number of aryl methyl sites for hydroxylation is 1. The third-order valence-corrected chi connectivity index (χ3v) is 3.42. The molecule has 0 saturated carbocycles. The first kappa shape index (κ1) is 17.0. The number of amides is 2. The molecule has 116 valence electrons. The average molecular weight is 292 g/mol. The maximum absolute atomic E-state index is 12.2. The summed E-state index contributed by atoms with van der Waals surface area (Å²) in [6.07, 6.45) is 2.38. The summed E-state index contributed by atoms with van der Waals surface area (Å²) in [6.45, 7) is 4.04. The molecule has 0 fully saturated rings. The van der Waals surface area contributed by atoms with E-state index in [1.54, 1.807) is 7.05 Å². The van der Waals surface area contributed by atoms with Gasteiger partial charge in [-0.25, -0.2) is 4.79 Å². The molecule has 0 heterocycles. The summed E-state index contributed by atoms with van der Waals surface area (Å²) in [6, 6.07) is 7.14. The smallest absolute Gasteiger partial charge is 0.321 e. The highest BCUT2D eigenvalue weighted by atomic mass is 16.4. The zero-order chi connectivity index (χ0) is 15.8. The maximum Gasteiger partial charge on any atom is 0.321 e. The van der Waals surface area contributed by atoms with Crippen molar-refractivity contribution in [3.63, 3.8) is 0 Å². The zero-order valence-corrected chi connectivity index (χ0v) is 12.9. The van der Waals surface area contributed by atoms with Crippen molar-refractivity contribution < 1.29 is 14.7 Å². The molecule has 0 saturated heterocycles. The second-order valence-corrected chi connectivity index (χ2v) is 5.11. The van der Waals surface area contributed by atoms with Crippen LogP contribution in [0.4, 0.5) is 10.5 Å². The van der Waals surface area contributed by atoms with Gasteiger partial charge in [0.15, 0.2) is 0 Å². The van der Waals surface area contributed by atoms with E-state index in [1.165, 1.54) is 10.5 Å². The number of anilines is 1. The molecule has 2 N–H and O–H groups in total. The molecule has 0 aliphatic carbocycles. The van der Waals surface area contributed by atoms with Gasteiger partial charge >= 0.3 is 12.0 Å². The molecule has 1 unspecified atom stereocenters. The van der Waals surface area contributed by atoms with Crippen LogP contribution in [0.3, 0.4) is 0 Å². The minimum atomic E-state index is -0.899. The molecule has 2 amide bonds. The van der Waals surface area contributed by atoms with Crippen molar-refractivity contribution in [2.45, 2.75) is 45.6 Å².